The van der Waals surface area contributed by atoms with Crippen molar-refractivity contribution in [1.82, 2.24) is 18.5 Å². The summed E-state index contributed by atoms with van der Waals surface area (Å²) in [6.07, 6.45) is 0.331. The van der Waals surface area contributed by atoms with Crippen molar-refractivity contribution in [1.29, 1.82) is 0 Å². The Morgan fingerprint density at radius 2 is 1.89 bits per heavy atom. The first-order valence-electron chi connectivity index (χ1n) is 12.7. The molecule has 4 atom stereocenters. The second-order valence-corrected chi connectivity index (χ2v) is 19.7. The quantitative estimate of drug-likeness (QED) is 0.452. The lowest BCUT2D eigenvalue weighted by molar-refractivity contribution is -0.276. The Labute approximate surface area is 217 Å². The van der Waals surface area contributed by atoms with E-state index >= 15 is 0 Å². The summed E-state index contributed by atoms with van der Waals surface area (Å²) in [7, 11) is -4.62. The van der Waals surface area contributed by atoms with Gasteiger partial charge in [0.2, 0.25) is 5.88 Å². The Bertz CT molecular complexity index is 1370. The molecule has 0 spiro atoms. The summed E-state index contributed by atoms with van der Waals surface area (Å²) >= 11 is 0. The molecule has 4 rings (SSSR count). The van der Waals surface area contributed by atoms with Gasteiger partial charge in [-0.05, 0) is 48.7 Å². The van der Waals surface area contributed by atoms with Crippen molar-refractivity contribution in [3.8, 4) is 5.88 Å². The number of alkyl halides is 3. The summed E-state index contributed by atoms with van der Waals surface area (Å²) in [5.74, 6) is -0.262. The molecule has 1 aliphatic carbocycles. The first-order valence-corrected chi connectivity index (χ1v) is 17.5. The molecule has 8 nitrogen and oxygen atoms in total. The van der Waals surface area contributed by atoms with E-state index in [1.807, 2.05) is 18.4 Å². The molecule has 1 saturated heterocycles. The predicted molar refractivity (Wildman–Crippen MR) is 141 cm³/mol. The van der Waals surface area contributed by atoms with Crippen LogP contribution in [0.25, 0.3) is 5.65 Å². The van der Waals surface area contributed by atoms with Crippen LogP contribution in [0.5, 0.6) is 5.88 Å². The summed E-state index contributed by atoms with van der Waals surface area (Å²) < 4.78 is 66.1. The van der Waals surface area contributed by atoms with Crippen molar-refractivity contribution >= 4 is 23.8 Å². The lowest BCUT2D eigenvalue weighted by Gasteiger charge is -2.37. The molecule has 2 aromatic rings. The Morgan fingerprint density at radius 3 is 2.41 bits per heavy atom. The van der Waals surface area contributed by atoms with E-state index in [1.54, 1.807) is 12.5 Å². The number of rotatable bonds is 6. The van der Waals surface area contributed by atoms with Gasteiger partial charge in [-0.1, -0.05) is 34.6 Å². The Kier molecular flexibility index (Phi) is 6.93. The van der Waals surface area contributed by atoms with Crippen molar-refractivity contribution in [3.05, 3.63) is 28.2 Å². The standard InChI is InChI=1S/C24H38F3N5O3SSi/c1-15(2)19-14-30(21-11-20(35-24(25,26)27)28-32(21)22(19)33)12-16-9-18-10-17(16)13-31(18)36(6,34)29-37(7,8)23(3,4)5/h11,14-18H,9-10,12-13H2,1-8H3/t16-,17-,18+,36?/m1/s1. The van der Waals surface area contributed by atoms with Crippen LogP contribution in [0.2, 0.25) is 18.1 Å². The topological polar surface area (TPSA) is 81.2 Å². The molecule has 37 heavy (non-hydrogen) atoms. The third-order valence-electron chi connectivity index (χ3n) is 8.28. The van der Waals surface area contributed by atoms with Gasteiger partial charge in [0, 0.05) is 43.2 Å². The van der Waals surface area contributed by atoms with Crippen LogP contribution < -0.4 is 10.3 Å². The Morgan fingerprint density at radius 1 is 1.24 bits per heavy atom. The fourth-order valence-corrected chi connectivity index (χ4v) is 11.4. The third-order valence-corrected chi connectivity index (χ3v) is 16.4. The molecule has 1 unspecified atom stereocenters. The number of fused-ring (bicyclic) bond motifs is 3. The molecule has 1 saturated carbocycles. The molecular formula is C24H38F3N5O3SSi. The second-order valence-electron chi connectivity index (χ2n) is 12.4. The third kappa shape index (κ3) is 5.49. The predicted octanol–water partition coefficient (Wildman–Crippen LogP) is 5.25. The maximum Gasteiger partial charge on any atom is 0.574 e. The van der Waals surface area contributed by atoms with Gasteiger partial charge in [-0.15, -0.1) is 18.3 Å². The fourth-order valence-electron chi connectivity index (χ4n) is 5.35. The number of halogens is 3. The van der Waals surface area contributed by atoms with Crippen LogP contribution >= 0.6 is 0 Å². The van der Waals surface area contributed by atoms with E-state index < -0.39 is 36.0 Å². The number of nitrogens with zero attached hydrogens (tertiary/aromatic N) is 5. The van der Waals surface area contributed by atoms with Gasteiger partial charge in [0.15, 0.2) is 8.24 Å². The zero-order valence-electron chi connectivity index (χ0n) is 22.8. The summed E-state index contributed by atoms with van der Waals surface area (Å²) in [6.45, 7) is 15.7. The number of hydrogen-bond acceptors (Lipinski definition) is 5. The van der Waals surface area contributed by atoms with Crippen molar-refractivity contribution in [2.75, 3.05) is 12.8 Å². The monoisotopic (exact) mass is 561 g/mol. The van der Waals surface area contributed by atoms with E-state index in [-0.39, 0.29) is 34.5 Å². The van der Waals surface area contributed by atoms with Gasteiger partial charge in [0.1, 0.15) is 5.65 Å². The number of aromatic nitrogens is 3. The number of hydrogen-bond donors (Lipinski definition) is 0. The molecule has 0 N–H and O–H groups in total. The van der Waals surface area contributed by atoms with Crippen LogP contribution in [-0.4, -0.2) is 56.1 Å². The number of piperidine rings is 1. The van der Waals surface area contributed by atoms with Gasteiger partial charge in [-0.25, -0.2) is 8.51 Å². The summed E-state index contributed by atoms with van der Waals surface area (Å²) in [5.41, 5.74) is 0.291. The molecule has 208 valence electrons. The number of ether oxygens (including phenoxy) is 1. The van der Waals surface area contributed by atoms with E-state index in [4.69, 9.17) is 4.03 Å². The van der Waals surface area contributed by atoms with Gasteiger partial charge in [0.25, 0.3) is 5.56 Å². The molecule has 1 aliphatic heterocycles. The molecular weight excluding hydrogens is 523 g/mol. The SMILES string of the molecule is CC(C)c1cn(C[C@H]2C[C@H]3C[C@@H]2CN3S(C)(=O)=N[Si](C)(C)C(C)(C)C)c2cc(OC(F)(F)F)nn2c1=O. The van der Waals surface area contributed by atoms with Crippen LogP contribution in [0.1, 0.15) is 58.9 Å². The lowest BCUT2D eigenvalue weighted by atomic mass is 9.95. The molecule has 13 heteroatoms. The van der Waals surface area contributed by atoms with Crippen LogP contribution in [0.4, 0.5) is 13.2 Å². The maximum atomic E-state index is 13.8. The average molecular weight is 562 g/mol. The second kappa shape index (κ2) is 9.11. The zero-order chi connectivity index (χ0) is 27.7. The van der Waals surface area contributed by atoms with Gasteiger partial charge < -0.3 is 9.30 Å². The molecule has 2 fully saturated rings. The molecule has 2 bridgehead atoms. The van der Waals surface area contributed by atoms with Crippen molar-refractivity contribution in [2.24, 2.45) is 15.9 Å². The minimum atomic E-state index is -4.90. The highest BCUT2D eigenvalue weighted by Gasteiger charge is 2.48. The van der Waals surface area contributed by atoms with Crippen LogP contribution in [0, 0.1) is 11.8 Å². The maximum absolute atomic E-state index is 13.8. The van der Waals surface area contributed by atoms with Gasteiger partial charge >= 0.3 is 6.36 Å². The fraction of sp³-hybridized carbons (Fsp3) is 0.750. The minimum Gasteiger partial charge on any atom is -0.386 e. The van der Waals surface area contributed by atoms with Crippen molar-refractivity contribution in [2.45, 2.75) is 90.5 Å². The molecule has 0 aromatic carbocycles. The van der Waals surface area contributed by atoms with E-state index in [9.17, 15) is 22.2 Å². The average Bonchev–Trinajstić information content (AvgIpc) is 3.41. The smallest absolute Gasteiger partial charge is 0.386 e. The van der Waals surface area contributed by atoms with Gasteiger partial charge in [-0.2, -0.15) is 4.52 Å². The van der Waals surface area contributed by atoms with E-state index in [0.717, 1.165) is 23.4 Å². The molecule has 0 amide bonds. The largest absolute Gasteiger partial charge is 0.574 e. The van der Waals surface area contributed by atoms with Gasteiger partial charge in [0.05, 0.1) is 9.92 Å². The summed E-state index contributed by atoms with van der Waals surface area (Å²) in [5, 5.41) is 3.81. The molecule has 0 radical (unpaired) electrons. The van der Waals surface area contributed by atoms with E-state index in [1.165, 1.54) is 0 Å². The normalized spacial score (nSPS) is 24.7. The van der Waals surface area contributed by atoms with Crippen molar-refractivity contribution < 1.29 is 22.1 Å². The van der Waals surface area contributed by atoms with E-state index in [0.29, 0.717) is 18.7 Å². The highest BCUT2D eigenvalue weighted by molar-refractivity contribution is 7.91. The highest BCUT2D eigenvalue weighted by atomic mass is 32.2. The first-order chi connectivity index (χ1) is 16.8. The first kappa shape index (κ1) is 28.2. The van der Waals surface area contributed by atoms with Crippen LogP contribution in [0.15, 0.2) is 21.1 Å². The lowest BCUT2D eigenvalue weighted by Crippen LogP contribution is -2.44. The molecule has 2 aromatic heterocycles. The zero-order valence-corrected chi connectivity index (χ0v) is 24.6. The molecule has 2 aliphatic rings. The Balaban J connectivity index is 1.62. The highest BCUT2D eigenvalue weighted by Crippen LogP contribution is 2.45. The minimum absolute atomic E-state index is 0.00324. The van der Waals surface area contributed by atoms with Gasteiger partial charge in [-0.3, -0.25) is 8.82 Å². The summed E-state index contributed by atoms with van der Waals surface area (Å²) in [6, 6.07) is 1.31. The van der Waals surface area contributed by atoms with Crippen LogP contribution in [-0.2, 0) is 16.5 Å². The van der Waals surface area contributed by atoms with Crippen LogP contribution in [0.3, 0.4) is 0 Å². The molecule has 3 heterocycles. The Hall–Kier alpha value is -1.86. The van der Waals surface area contributed by atoms with E-state index in [2.05, 4.69) is 48.0 Å². The van der Waals surface area contributed by atoms with Crippen molar-refractivity contribution in [3.63, 3.8) is 0 Å². The summed E-state index contributed by atoms with van der Waals surface area (Å²) in [4.78, 5) is 12.9.